The Morgan fingerprint density at radius 2 is 1.00 bits per heavy atom. The smallest absolute Gasteiger partial charge is 0.201 e. The predicted molar refractivity (Wildman–Crippen MR) is 137 cm³/mol. The highest BCUT2D eigenvalue weighted by Gasteiger charge is 2.42. The van der Waals surface area contributed by atoms with E-state index in [0.717, 1.165) is 16.4 Å². The van der Waals surface area contributed by atoms with Crippen molar-refractivity contribution in [2.45, 2.75) is 0 Å². The van der Waals surface area contributed by atoms with Gasteiger partial charge in [-0.1, -0.05) is 109 Å². The molecule has 2 aromatic heterocycles. The average molecular weight is 427 g/mol. The lowest BCUT2D eigenvalue weighted by Crippen LogP contribution is -2.75. The van der Waals surface area contributed by atoms with E-state index in [4.69, 9.17) is 4.98 Å². The van der Waals surface area contributed by atoms with Crippen molar-refractivity contribution in [3.8, 4) is 0 Å². The van der Waals surface area contributed by atoms with Crippen LogP contribution in [0.4, 0.5) is 0 Å². The number of pyridine rings is 1. The fraction of sp³-hybridized carbons (Fsp3) is 0. The maximum Gasteiger partial charge on any atom is 0.201 e. The summed E-state index contributed by atoms with van der Waals surface area (Å²) in [6.45, 7) is 0. The molecule has 0 bridgehead atoms. The van der Waals surface area contributed by atoms with Gasteiger partial charge in [-0.2, -0.15) is 0 Å². The third-order valence-corrected chi connectivity index (χ3v) is 11.0. The number of rotatable bonds is 4. The highest BCUT2D eigenvalue weighted by molar-refractivity contribution is 7.19. The normalized spacial score (nSPS) is 11.8. The van der Waals surface area contributed by atoms with Crippen LogP contribution in [-0.4, -0.2) is 18.0 Å². The molecular formula is C29H22N2Si. The third-order valence-electron chi connectivity index (χ3n) is 6.40. The molecular weight excluding hydrogens is 404 g/mol. The van der Waals surface area contributed by atoms with Crippen LogP contribution in [0.15, 0.2) is 128 Å². The number of para-hydroxylation sites is 1. The molecule has 6 aromatic rings. The molecule has 0 aliphatic rings. The van der Waals surface area contributed by atoms with Gasteiger partial charge in [-0.15, -0.1) is 0 Å². The molecule has 4 aromatic carbocycles. The molecule has 0 fully saturated rings. The number of fused-ring (bicyclic) bond motifs is 3. The topological polar surface area (TPSA) is 28.7 Å². The van der Waals surface area contributed by atoms with Crippen LogP contribution in [0, 0.1) is 0 Å². The van der Waals surface area contributed by atoms with Gasteiger partial charge in [0.15, 0.2) is 0 Å². The summed E-state index contributed by atoms with van der Waals surface area (Å²) in [5, 5.41) is 7.52. The van der Waals surface area contributed by atoms with Gasteiger partial charge in [-0.25, -0.2) is 0 Å². The molecule has 0 radical (unpaired) electrons. The lowest BCUT2D eigenvalue weighted by molar-refractivity contribution is 1.40. The van der Waals surface area contributed by atoms with E-state index in [-0.39, 0.29) is 0 Å². The molecule has 152 valence electrons. The molecule has 2 nitrogen and oxygen atoms in total. The fourth-order valence-corrected chi connectivity index (χ4v) is 9.54. The number of nitrogens with one attached hydrogen (secondary N) is 1. The largest absolute Gasteiger partial charge is 0.354 e. The third kappa shape index (κ3) is 2.83. The molecule has 0 saturated carbocycles. The maximum absolute atomic E-state index is 5.17. The highest BCUT2D eigenvalue weighted by Crippen LogP contribution is 2.24. The van der Waals surface area contributed by atoms with E-state index in [1.165, 1.54) is 26.3 Å². The lowest BCUT2D eigenvalue weighted by Gasteiger charge is -2.33. The Morgan fingerprint density at radius 3 is 1.56 bits per heavy atom. The average Bonchev–Trinajstić information content (AvgIpc) is 3.25. The van der Waals surface area contributed by atoms with E-state index in [1.807, 2.05) is 0 Å². The first-order valence-corrected chi connectivity index (χ1v) is 12.9. The summed E-state index contributed by atoms with van der Waals surface area (Å²) in [6, 6.07) is 43.5. The number of aromatic nitrogens is 2. The van der Waals surface area contributed by atoms with Gasteiger partial charge in [0.1, 0.15) is 0 Å². The molecule has 0 saturated heterocycles. The summed E-state index contributed by atoms with van der Waals surface area (Å²) in [5.41, 5.74) is 2.28. The Kier molecular flexibility index (Phi) is 4.48. The minimum Gasteiger partial charge on any atom is -0.354 e. The standard InChI is InChI=1S/C29H22N2Si/c1-4-12-22(13-5-1)32(23-14-6-2-7-15-23,24-16-8-3-9-17-24)29-20-28-26(21-30-29)25-18-10-11-19-27(25)31-28/h1-21,31H. The van der Waals surface area contributed by atoms with Crippen LogP contribution in [0.1, 0.15) is 0 Å². The molecule has 0 amide bonds. The molecule has 32 heavy (non-hydrogen) atoms. The first kappa shape index (κ1) is 18.8. The summed E-state index contributed by atoms with van der Waals surface area (Å²) in [6.07, 6.45) is 2.06. The van der Waals surface area contributed by atoms with Crippen LogP contribution >= 0.6 is 0 Å². The van der Waals surface area contributed by atoms with Crippen LogP contribution in [0.2, 0.25) is 0 Å². The molecule has 0 aliphatic heterocycles. The molecule has 0 unspecified atom stereocenters. The molecule has 1 N–H and O–H groups in total. The van der Waals surface area contributed by atoms with Gasteiger partial charge in [0.05, 0.1) is 0 Å². The summed E-state index contributed by atoms with van der Waals surface area (Å²) in [5.74, 6) is 0. The second-order valence-corrected chi connectivity index (χ2v) is 11.9. The Balaban J connectivity index is 1.73. The Morgan fingerprint density at radius 1 is 0.500 bits per heavy atom. The zero-order valence-corrected chi connectivity index (χ0v) is 18.6. The quantitative estimate of drug-likeness (QED) is 0.334. The van der Waals surface area contributed by atoms with Crippen molar-refractivity contribution in [3.05, 3.63) is 128 Å². The first-order chi connectivity index (χ1) is 15.9. The van der Waals surface area contributed by atoms with Gasteiger partial charge in [0.25, 0.3) is 0 Å². The van der Waals surface area contributed by atoms with E-state index in [1.54, 1.807) is 0 Å². The summed E-state index contributed by atoms with van der Waals surface area (Å²) in [4.78, 5) is 8.80. The van der Waals surface area contributed by atoms with E-state index in [9.17, 15) is 0 Å². The van der Waals surface area contributed by atoms with E-state index in [2.05, 4.69) is 133 Å². The van der Waals surface area contributed by atoms with Crippen molar-refractivity contribution in [1.29, 1.82) is 0 Å². The van der Waals surface area contributed by atoms with Crippen molar-refractivity contribution in [2.24, 2.45) is 0 Å². The van der Waals surface area contributed by atoms with Crippen molar-refractivity contribution in [3.63, 3.8) is 0 Å². The van der Waals surface area contributed by atoms with Gasteiger partial charge in [-0.3, -0.25) is 4.98 Å². The predicted octanol–water partition coefficient (Wildman–Crippen LogP) is 4.09. The van der Waals surface area contributed by atoms with E-state index in [0.29, 0.717) is 0 Å². The highest BCUT2D eigenvalue weighted by atomic mass is 28.3. The van der Waals surface area contributed by atoms with E-state index >= 15 is 0 Å². The lowest BCUT2D eigenvalue weighted by atomic mass is 10.2. The minimum atomic E-state index is -2.60. The molecule has 0 spiro atoms. The second kappa shape index (κ2) is 7.63. The van der Waals surface area contributed by atoms with Crippen molar-refractivity contribution < 1.29 is 0 Å². The number of hydrogen-bond donors (Lipinski definition) is 1. The molecule has 3 heteroatoms. The van der Waals surface area contributed by atoms with Crippen molar-refractivity contribution in [1.82, 2.24) is 9.97 Å². The number of nitrogens with zero attached hydrogens (tertiary/aromatic N) is 1. The second-order valence-electron chi connectivity index (χ2n) is 8.13. The van der Waals surface area contributed by atoms with Crippen LogP contribution < -0.4 is 20.9 Å². The van der Waals surface area contributed by atoms with Crippen molar-refractivity contribution in [2.75, 3.05) is 0 Å². The number of H-pyrrole nitrogens is 1. The summed E-state index contributed by atoms with van der Waals surface area (Å²) < 4.78 is 0. The Hall–Kier alpha value is -3.95. The van der Waals surface area contributed by atoms with Crippen LogP contribution in [0.3, 0.4) is 0 Å². The van der Waals surface area contributed by atoms with Crippen molar-refractivity contribution >= 4 is 50.8 Å². The molecule has 2 heterocycles. The first-order valence-electron chi connectivity index (χ1n) is 10.9. The van der Waals surface area contributed by atoms with Crippen LogP contribution in [0.5, 0.6) is 0 Å². The van der Waals surface area contributed by atoms with Gasteiger partial charge < -0.3 is 4.98 Å². The van der Waals surface area contributed by atoms with Crippen LogP contribution in [0.25, 0.3) is 21.8 Å². The number of benzene rings is 4. The number of aromatic amines is 1. The van der Waals surface area contributed by atoms with E-state index < -0.39 is 8.07 Å². The van der Waals surface area contributed by atoms with Gasteiger partial charge in [0, 0.05) is 33.3 Å². The SMILES string of the molecule is c1ccc([Si](c2ccccc2)(c2ccccc2)c2cc3[nH]c4ccccc4c3cn2)cc1. The fourth-order valence-electron chi connectivity index (χ4n) is 4.96. The van der Waals surface area contributed by atoms with Crippen LogP contribution in [-0.2, 0) is 0 Å². The minimum absolute atomic E-state index is 1.14. The summed E-state index contributed by atoms with van der Waals surface area (Å²) >= 11 is 0. The van der Waals surface area contributed by atoms with Gasteiger partial charge >= 0.3 is 0 Å². The zero-order chi connectivity index (χ0) is 21.4. The Bertz CT molecular complexity index is 1410. The summed E-state index contributed by atoms with van der Waals surface area (Å²) in [7, 11) is -2.60. The monoisotopic (exact) mass is 426 g/mol. The molecule has 6 rings (SSSR count). The maximum atomic E-state index is 5.17. The Labute approximate surface area is 188 Å². The number of hydrogen-bond acceptors (Lipinski definition) is 1. The van der Waals surface area contributed by atoms with Gasteiger partial charge in [-0.05, 0) is 27.7 Å². The zero-order valence-electron chi connectivity index (χ0n) is 17.6. The molecule has 0 aliphatic carbocycles. The van der Waals surface area contributed by atoms with Gasteiger partial charge in [0.2, 0.25) is 8.07 Å². The molecule has 0 atom stereocenters.